The van der Waals surface area contributed by atoms with E-state index in [0.29, 0.717) is 5.56 Å². The van der Waals surface area contributed by atoms with Gasteiger partial charge in [-0.2, -0.15) is 0 Å². The van der Waals surface area contributed by atoms with Gasteiger partial charge in [0.2, 0.25) is 0 Å². The zero-order chi connectivity index (χ0) is 16.1. The predicted molar refractivity (Wildman–Crippen MR) is 97.0 cm³/mol. The fraction of sp³-hybridized carbons (Fsp3) is 0.333. The summed E-state index contributed by atoms with van der Waals surface area (Å²) >= 11 is 3.45. The number of hydrogen-bond acceptors (Lipinski definition) is 3. The molecule has 1 aliphatic heterocycles. The maximum absolute atomic E-state index is 12.5. The van der Waals surface area contributed by atoms with E-state index in [4.69, 9.17) is 0 Å². The number of anilines is 2. The molecule has 1 fully saturated rings. The molecule has 0 radical (unpaired) electrons. The minimum absolute atomic E-state index is 0.115. The van der Waals surface area contributed by atoms with Crippen LogP contribution in [0.3, 0.4) is 0 Å². The van der Waals surface area contributed by atoms with Crippen molar-refractivity contribution in [3.8, 4) is 0 Å². The number of carbonyl (C=O) groups excluding carboxylic acids is 1. The molecule has 0 aliphatic carbocycles. The monoisotopic (exact) mass is 373 g/mol. The molecule has 0 unspecified atom stereocenters. The lowest BCUT2D eigenvalue weighted by atomic mass is 10.2. The molecule has 1 aromatic carbocycles. The van der Waals surface area contributed by atoms with Gasteiger partial charge in [0.1, 0.15) is 5.82 Å². The average Bonchev–Trinajstić information content (AvgIpc) is 2.86. The van der Waals surface area contributed by atoms with Crippen LogP contribution in [0.1, 0.15) is 36.0 Å². The lowest BCUT2D eigenvalue weighted by Gasteiger charge is -2.21. The van der Waals surface area contributed by atoms with Gasteiger partial charge in [-0.15, -0.1) is 0 Å². The van der Waals surface area contributed by atoms with Crippen LogP contribution < -0.4 is 10.2 Å². The average molecular weight is 374 g/mol. The molecule has 0 bridgehead atoms. The topological polar surface area (TPSA) is 45.2 Å². The summed E-state index contributed by atoms with van der Waals surface area (Å²) in [5.41, 5.74) is 1.40. The highest BCUT2D eigenvalue weighted by atomic mass is 79.9. The van der Waals surface area contributed by atoms with Crippen LogP contribution in [0, 0.1) is 0 Å². The molecule has 120 valence electrons. The Kier molecular flexibility index (Phi) is 5.28. The molecule has 1 amide bonds. The van der Waals surface area contributed by atoms with Crippen LogP contribution >= 0.6 is 15.9 Å². The molecule has 3 rings (SSSR count). The first-order chi connectivity index (χ1) is 11.2. The second-order valence-corrected chi connectivity index (χ2v) is 6.59. The molecular formula is C18H20BrN3O. The molecule has 0 spiro atoms. The zero-order valence-corrected chi connectivity index (χ0v) is 14.6. The predicted octanol–water partition coefficient (Wildman–Crippen LogP) is 4.48. The summed E-state index contributed by atoms with van der Waals surface area (Å²) in [5, 5.41) is 2.94. The first kappa shape index (κ1) is 16.0. The summed E-state index contributed by atoms with van der Waals surface area (Å²) in [6.45, 7) is 2.03. The van der Waals surface area contributed by atoms with Crippen LogP contribution in [0.2, 0.25) is 0 Å². The highest BCUT2D eigenvalue weighted by Gasteiger charge is 2.14. The van der Waals surface area contributed by atoms with Gasteiger partial charge in [-0.05, 0) is 53.0 Å². The Morgan fingerprint density at radius 2 is 1.83 bits per heavy atom. The molecule has 4 nitrogen and oxygen atoms in total. The molecular weight excluding hydrogens is 354 g/mol. The zero-order valence-electron chi connectivity index (χ0n) is 13.0. The Hall–Kier alpha value is -1.88. The maximum atomic E-state index is 12.5. The molecule has 5 heteroatoms. The molecule has 0 saturated carbocycles. The molecule has 23 heavy (non-hydrogen) atoms. The number of para-hydroxylation sites is 1. The van der Waals surface area contributed by atoms with Crippen molar-refractivity contribution in [3.05, 3.63) is 52.6 Å². The molecule has 2 heterocycles. The quantitative estimate of drug-likeness (QED) is 0.862. The Bertz CT molecular complexity index is 681. The van der Waals surface area contributed by atoms with Gasteiger partial charge in [-0.25, -0.2) is 4.98 Å². The van der Waals surface area contributed by atoms with Gasteiger partial charge in [0.05, 0.1) is 5.69 Å². The number of nitrogens with zero attached hydrogens (tertiary/aromatic N) is 2. The summed E-state index contributed by atoms with van der Waals surface area (Å²) in [4.78, 5) is 19.2. The molecule has 1 aromatic heterocycles. The van der Waals surface area contributed by atoms with Crippen molar-refractivity contribution in [2.24, 2.45) is 0 Å². The van der Waals surface area contributed by atoms with Gasteiger partial charge in [-0.3, -0.25) is 4.79 Å². The van der Waals surface area contributed by atoms with Crippen molar-refractivity contribution in [1.82, 2.24) is 4.98 Å². The standard InChI is InChI=1S/C18H20BrN3O/c19-15-7-3-4-8-16(15)21-18(23)14-9-10-20-17(13-14)22-11-5-1-2-6-12-22/h3-4,7-10,13H,1-2,5-6,11-12H2,(H,21,23). The first-order valence-corrected chi connectivity index (χ1v) is 8.80. The van der Waals surface area contributed by atoms with Crippen molar-refractivity contribution in [3.63, 3.8) is 0 Å². The van der Waals surface area contributed by atoms with E-state index in [9.17, 15) is 4.79 Å². The molecule has 1 N–H and O–H groups in total. The molecule has 1 saturated heterocycles. The summed E-state index contributed by atoms with van der Waals surface area (Å²) < 4.78 is 0.871. The van der Waals surface area contributed by atoms with Gasteiger partial charge in [0.15, 0.2) is 0 Å². The number of rotatable bonds is 3. The Morgan fingerprint density at radius 1 is 1.09 bits per heavy atom. The van der Waals surface area contributed by atoms with Gasteiger partial charge in [0, 0.05) is 29.3 Å². The third-order valence-electron chi connectivity index (χ3n) is 4.06. The van der Waals surface area contributed by atoms with Gasteiger partial charge < -0.3 is 10.2 Å². The second kappa shape index (κ2) is 7.59. The van der Waals surface area contributed by atoms with Crippen LogP contribution in [0.4, 0.5) is 11.5 Å². The molecule has 0 atom stereocenters. The van der Waals surface area contributed by atoms with E-state index in [2.05, 4.69) is 31.1 Å². The van der Waals surface area contributed by atoms with Crippen LogP contribution in [0.25, 0.3) is 0 Å². The highest BCUT2D eigenvalue weighted by molar-refractivity contribution is 9.10. The van der Waals surface area contributed by atoms with E-state index in [0.717, 1.165) is 29.1 Å². The number of halogens is 1. The minimum atomic E-state index is -0.115. The van der Waals surface area contributed by atoms with Gasteiger partial charge >= 0.3 is 0 Å². The Morgan fingerprint density at radius 3 is 2.57 bits per heavy atom. The van der Waals surface area contributed by atoms with E-state index in [1.165, 1.54) is 25.7 Å². The number of benzene rings is 1. The Balaban J connectivity index is 1.76. The van der Waals surface area contributed by atoms with Crippen LogP contribution in [-0.2, 0) is 0 Å². The van der Waals surface area contributed by atoms with Crippen LogP contribution in [0.15, 0.2) is 47.1 Å². The first-order valence-electron chi connectivity index (χ1n) is 8.01. The molecule has 2 aromatic rings. The third-order valence-corrected chi connectivity index (χ3v) is 4.75. The van der Waals surface area contributed by atoms with Crippen LogP contribution in [-0.4, -0.2) is 24.0 Å². The summed E-state index contributed by atoms with van der Waals surface area (Å²) in [6, 6.07) is 11.2. The number of amides is 1. The van der Waals surface area contributed by atoms with E-state index in [1.54, 1.807) is 12.3 Å². The minimum Gasteiger partial charge on any atom is -0.357 e. The van der Waals surface area contributed by atoms with Gasteiger partial charge in [0.25, 0.3) is 5.91 Å². The molecule has 1 aliphatic rings. The number of aromatic nitrogens is 1. The van der Waals surface area contributed by atoms with Gasteiger partial charge in [-0.1, -0.05) is 25.0 Å². The fourth-order valence-electron chi connectivity index (χ4n) is 2.79. The lowest BCUT2D eigenvalue weighted by Crippen LogP contribution is -2.25. The van der Waals surface area contributed by atoms with Crippen molar-refractivity contribution < 1.29 is 4.79 Å². The Labute approximate surface area is 145 Å². The summed E-state index contributed by atoms with van der Waals surface area (Å²) in [5.74, 6) is 0.780. The van der Waals surface area contributed by atoms with Crippen LogP contribution in [0.5, 0.6) is 0 Å². The largest absolute Gasteiger partial charge is 0.357 e. The van der Waals surface area contributed by atoms with Crippen molar-refractivity contribution >= 4 is 33.3 Å². The smallest absolute Gasteiger partial charge is 0.255 e. The van der Waals surface area contributed by atoms with E-state index in [-0.39, 0.29) is 5.91 Å². The summed E-state index contributed by atoms with van der Waals surface area (Å²) in [7, 11) is 0. The normalized spacial score (nSPS) is 15.1. The maximum Gasteiger partial charge on any atom is 0.255 e. The second-order valence-electron chi connectivity index (χ2n) is 5.74. The SMILES string of the molecule is O=C(Nc1ccccc1Br)c1ccnc(N2CCCCCC2)c1. The number of carbonyl (C=O) groups is 1. The van der Waals surface area contributed by atoms with E-state index < -0.39 is 0 Å². The van der Waals surface area contributed by atoms with E-state index in [1.807, 2.05) is 30.3 Å². The summed E-state index contributed by atoms with van der Waals surface area (Å²) in [6.07, 6.45) is 6.65. The lowest BCUT2D eigenvalue weighted by molar-refractivity contribution is 0.102. The van der Waals surface area contributed by atoms with Crippen molar-refractivity contribution in [1.29, 1.82) is 0 Å². The van der Waals surface area contributed by atoms with Crippen molar-refractivity contribution in [2.45, 2.75) is 25.7 Å². The number of hydrogen-bond donors (Lipinski definition) is 1. The van der Waals surface area contributed by atoms with E-state index >= 15 is 0 Å². The highest BCUT2D eigenvalue weighted by Crippen LogP contribution is 2.23. The number of pyridine rings is 1. The number of nitrogens with one attached hydrogen (secondary N) is 1. The van der Waals surface area contributed by atoms with Crippen molar-refractivity contribution in [2.75, 3.05) is 23.3 Å². The fourth-order valence-corrected chi connectivity index (χ4v) is 3.17. The third kappa shape index (κ3) is 4.10.